The zero-order valence-electron chi connectivity index (χ0n) is 15.9. The van der Waals surface area contributed by atoms with Crippen molar-refractivity contribution in [3.63, 3.8) is 0 Å². The minimum Gasteiger partial charge on any atom is -0.505 e. The van der Waals surface area contributed by atoms with Crippen LogP contribution >= 0.6 is 13.5 Å². The van der Waals surface area contributed by atoms with Crippen molar-refractivity contribution in [3.8, 4) is 5.75 Å². The normalized spacial score (nSPS) is 12.6. The number of aliphatic carboxylic acids is 2. The summed E-state index contributed by atoms with van der Waals surface area (Å²) < 4.78 is 50.3. The minimum atomic E-state index is -4.49. The number of halogens is 4. The van der Waals surface area contributed by atoms with E-state index in [4.69, 9.17) is 26.8 Å². The lowest BCUT2D eigenvalue weighted by atomic mass is 10.0. The molecule has 7 nitrogen and oxygen atoms in total. The quantitative estimate of drug-likeness (QED) is 0.410. The molecule has 0 saturated carbocycles. The largest absolute Gasteiger partial charge is 0.505 e. The summed E-state index contributed by atoms with van der Waals surface area (Å²) in [6.07, 6.45) is -4.80. The Hall–Kier alpha value is -2.83. The predicted octanol–water partition coefficient (Wildman–Crippen LogP) is 2.26. The molecule has 0 spiro atoms. The van der Waals surface area contributed by atoms with Gasteiger partial charge in [-0.05, 0) is 42.2 Å². The van der Waals surface area contributed by atoms with Gasteiger partial charge in [-0.2, -0.15) is 26.7 Å². The van der Waals surface area contributed by atoms with Crippen molar-refractivity contribution in [1.82, 2.24) is 0 Å². The second kappa shape index (κ2) is 12.1. The summed E-state index contributed by atoms with van der Waals surface area (Å²) in [5.41, 5.74) is 9.94. The Morgan fingerprint density at radius 1 is 0.935 bits per heavy atom. The van der Waals surface area contributed by atoms with Gasteiger partial charge in [0.05, 0.1) is 5.56 Å². The minimum absolute atomic E-state index is 0. The fraction of sp³-hybridized carbons (Fsp3) is 0.263. The number of hydrogen-bond donors (Lipinski definition) is 5. The smallest absolute Gasteiger partial charge is 0.416 e. The first kappa shape index (κ1) is 28.2. The number of carbonyl (C=O) groups is 2. The van der Waals surface area contributed by atoms with E-state index in [0.717, 1.165) is 12.1 Å². The van der Waals surface area contributed by atoms with Gasteiger partial charge in [0.15, 0.2) is 11.6 Å². The molecule has 0 radical (unpaired) electrons. The lowest BCUT2D eigenvalue weighted by Crippen LogP contribution is -2.33. The second-order valence-corrected chi connectivity index (χ2v) is 6.24. The maximum absolute atomic E-state index is 12.8. The predicted molar refractivity (Wildman–Crippen MR) is 109 cm³/mol. The molecule has 2 aromatic rings. The second-order valence-electron chi connectivity index (χ2n) is 6.24. The summed E-state index contributed by atoms with van der Waals surface area (Å²) in [7, 11) is 0. The van der Waals surface area contributed by atoms with Crippen molar-refractivity contribution in [2.45, 2.75) is 31.1 Å². The summed E-state index contributed by atoms with van der Waals surface area (Å²) in [6.45, 7) is 0. The number of benzene rings is 2. The van der Waals surface area contributed by atoms with Crippen molar-refractivity contribution in [2.75, 3.05) is 0 Å². The summed E-state index contributed by atoms with van der Waals surface area (Å²) in [5, 5.41) is 25.9. The number of aromatic hydroxyl groups is 1. The van der Waals surface area contributed by atoms with Crippen LogP contribution in [0.4, 0.5) is 17.6 Å². The van der Waals surface area contributed by atoms with Crippen LogP contribution in [0.3, 0.4) is 0 Å². The molecule has 1 unspecified atom stereocenters. The molecular formula is C19H22F4N2O5S. The fourth-order valence-corrected chi connectivity index (χ4v) is 2.32. The Morgan fingerprint density at radius 2 is 1.45 bits per heavy atom. The maximum Gasteiger partial charge on any atom is 0.416 e. The van der Waals surface area contributed by atoms with Crippen LogP contribution in [0, 0.1) is 5.82 Å². The van der Waals surface area contributed by atoms with E-state index >= 15 is 0 Å². The highest BCUT2D eigenvalue weighted by molar-refractivity contribution is 7.59. The molecule has 0 fully saturated rings. The van der Waals surface area contributed by atoms with Crippen molar-refractivity contribution in [3.05, 3.63) is 65.0 Å². The van der Waals surface area contributed by atoms with E-state index in [1.165, 1.54) is 30.3 Å². The highest BCUT2D eigenvalue weighted by Gasteiger charge is 2.33. The standard InChI is InChI=1S/C10H10F3NO2.C9H10FNO3.H2S/c11-10(12,13)7-4-2-1-3-6(7)5-8(14)9(15)16;10-6-3-5(1-2-8(6)12)4-7(11)9(13)14;/h1-4,8H,5,14H2,(H,15,16);1-3,7,12H,4,11H2,(H,13,14);1H2/t;7-;/m.0./s1. The van der Waals surface area contributed by atoms with Gasteiger partial charge in [0, 0.05) is 0 Å². The van der Waals surface area contributed by atoms with E-state index in [0.29, 0.717) is 5.56 Å². The maximum atomic E-state index is 12.8. The topological polar surface area (TPSA) is 147 Å². The van der Waals surface area contributed by atoms with Crippen LogP contribution in [-0.2, 0) is 28.6 Å². The van der Waals surface area contributed by atoms with E-state index in [9.17, 15) is 27.2 Å². The van der Waals surface area contributed by atoms with Gasteiger partial charge in [-0.25, -0.2) is 4.39 Å². The Bertz CT molecular complexity index is 896. The van der Waals surface area contributed by atoms with E-state index in [1.807, 2.05) is 0 Å². The van der Waals surface area contributed by atoms with Crippen LogP contribution in [0.15, 0.2) is 42.5 Å². The molecule has 12 heteroatoms. The van der Waals surface area contributed by atoms with Gasteiger partial charge in [-0.1, -0.05) is 24.3 Å². The average molecular weight is 466 g/mol. The number of phenols is 1. The van der Waals surface area contributed by atoms with Crippen molar-refractivity contribution >= 4 is 25.4 Å². The van der Waals surface area contributed by atoms with E-state index in [-0.39, 0.29) is 31.9 Å². The first-order chi connectivity index (χ1) is 13.8. The molecule has 0 heterocycles. The molecule has 0 aliphatic heterocycles. The lowest BCUT2D eigenvalue weighted by molar-refractivity contribution is -0.140. The van der Waals surface area contributed by atoms with Gasteiger partial charge in [0.25, 0.3) is 0 Å². The SMILES string of the molecule is NC(Cc1ccccc1C(F)(F)F)C(=O)O.N[C@@H](Cc1ccc(O)c(F)c1)C(=O)O.S. The third-order valence-electron chi connectivity index (χ3n) is 3.86. The molecule has 0 aromatic heterocycles. The molecule has 2 aromatic carbocycles. The van der Waals surface area contributed by atoms with Gasteiger partial charge < -0.3 is 26.8 Å². The molecule has 31 heavy (non-hydrogen) atoms. The Balaban J connectivity index is 0.000000567. The Morgan fingerprint density at radius 3 is 1.94 bits per heavy atom. The van der Waals surface area contributed by atoms with Crippen LogP contribution in [0.2, 0.25) is 0 Å². The zero-order valence-corrected chi connectivity index (χ0v) is 16.9. The molecular weight excluding hydrogens is 444 g/mol. The Kier molecular flexibility index (Phi) is 11.0. The molecule has 0 aliphatic rings. The number of carboxylic acids is 2. The first-order valence-electron chi connectivity index (χ1n) is 8.42. The molecule has 172 valence electrons. The summed E-state index contributed by atoms with van der Waals surface area (Å²) in [4.78, 5) is 20.8. The average Bonchev–Trinajstić information content (AvgIpc) is 2.64. The highest BCUT2D eigenvalue weighted by Crippen LogP contribution is 2.32. The third-order valence-corrected chi connectivity index (χ3v) is 3.86. The van der Waals surface area contributed by atoms with Gasteiger partial charge in [0.1, 0.15) is 12.1 Å². The molecule has 2 rings (SSSR count). The lowest BCUT2D eigenvalue weighted by Gasteiger charge is -2.14. The fourth-order valence-electron chi connectivity index (χ4n) is 2.32. The van der Waals surface area contributed by atoms with Crippen molar-refractivity contribution in [1.29, 1.82) is 0 Å². The summed E-state index contributed by atoms with van der Waals surface area (Å²) in [6, 6.07) is 6.08. The van der Waals surface area contributed by atoms with E-state index in [1.54, 1.807) is 0 Å². The number of phenolic OH excluding ortho intramolecular Hbond substituents is 1. The molecule has 7 N–H and O–H groups in total. The van der Waals surface area contributed by atoms with Crippen LogP contribution in [0.5, 0.6) is 5.75 Å². The van der Waals surface area contributed by atoms with E-state index in [2.05, 4.69) is 0 Å². The Labute approximate surface area is 181 Å². The summed E-state index contributed by atoms with van der Waals surface area (Å²) in [5.74, 6) is -3.70. The van der Waals surface area contributed by atoms with Crippen molar-refractivity contribution in [2.24, 2.45) is 11.5 Å². The van der Waals surface area contributed by atoms with Gasteiger partial charge in [-0.3, -0.25) is 9.59 Å². The van der Waals surface area contributed by atoms with Crippen LogP contribution < -0.4 is 11.5 Å². The number of hydrogen-bond acceptors (Lipinski definition) is 5. The molecule has 2 atom stereocenters. The van der Waals surface area contributed by atoms with Gasteiger partial charge >= 0.3 is 18.1 Å². The molecule has 0 aliphatic carbocycles. The zero-order chi connectivity index (χ0) is 23.1. The third kappa shape index (κ3) is 9.24. The molecule has 0 saturated heterocycles. The molecule has 0 bridgehead atoms. The monoisotopic (exact) mass is 466 g/mol. The number of nitrogens with two attached hydrogens (primary N) is 2. The first-order valence-corrected chi connectivity index (χ1v) is 8.42. The summed E-state index contributed by atoms with van der Waals surface area (Å²) >= 11 is 0. The number of alkyl halides is 3. The van der Waals surface area contributed by atoms with E-state index < -0.39 is 47.3 Å². The molecule has 0 amide bonds. The van der Waals surface area contributed by atoms with Gasteiger partial charge in [0.2, 0.25) is 0 Å². The number of rotatable bonds is 6. The van der Waals surface area contributed by atoms with Crippen LogP contribution in [0.1, 0.15) is 16.7 Å². The highest BCUT2D eigenvalue weighted by atomic mass is 32.1. The van der Waals surface area contributed by atoms with Crippen LogP contribution in [-0.4, -0.2) is 39.3 Å². The number of carboxylic acid groups (broad SMARTS) is 2. The van der Waals surface area contributed by atoms with Crippen molar-refractivity contribution < 1.29 is 42.5 Å². The van der Waals surface area contributed by atoms with Crippen LogP contribution in [0.25, 0.3) is 0 Å². The van der Waals surface area contributed by atoms with Gasteiger partial charge in [-0.15, -0.1) is 0 Å².